The van der Waals surface area contributed by atoms with E-state index < -0.39 is 24.1 Å². The number of carbonyl (C=O) groups excluding carboxylic acids is 3. The molecule has 3 amide bonds. The number of hydrogen-bond acceptors (Lipinski definition) is 10. The molecule has 45 heavy (non-hydrogen) atoms. The molecule has 2 atom stereocenters. The van der Waals surface area contributed by atoms with Gasteiger partial charge in [-0.15, -0.1) is 10.2 Å². The van der Waals surface area contributed by atoms with Crippen molar-refractivity contribution >= 4 is 52.9 Å². The van der Waals surface area contributed by atoms with Crippen LogP contribution in [0.2, 0.25) is 10.2 Å². The van der Waals surface area contributed by atoms with Crippen molar-refractivity contribution in [1.29, 1.82) is 0 Å². The lowest BCUT2D eigenvalue weighted by Crippen LogP contribution is -2.35. The lowest BCUT2D eigenvalue weighted by atomic mass is 10.0. The lowest BCUT2D eigenvalue weighted by molar-refractivity contribution is -0.131. The molecule has 14 nitrogen and oxygen atoms in total. The number of aliphatic hydroxyl groups is 1. The third-order valence-electron chi connectivity index (χ3n) is 6.96. The number of β-amino-alcohol motifs (C(OH)–C–C–N with tert-alkyl or cyclic N) is 1. The first-order chi connectivity index (χ1) is 21.7. The molecular weight excluding hydrogens is 625 g/mol. The van der Waals surface area contributed by atoms with Gasteiger partial charge in [-0.1, -0.05) is 35.3 Å². The van der Waals surface area contributed by atoms with Crippen LogP contribution in [0, 0.1) is 0 Å². The van der Waals surface area contributed by atoms with Gasteiger partial charge in [0.25, 0.3) is 0 Å². The normalized spacial score (nSPS) is 15.2. The molecule has 1 aliphatic heterocycles. The van der Waals surface area contributed by atoms with Crippen molar-refractivity contribution in [1.82, 2.24) is 40.6 Å². The van der Waals surface area contributed by atoms with Crippen LogP contribution < -0.4 is 10.6 Å². The summed E-state index contributed by atoms with van der Waals surface area (Å²) < 4.78 is 6.05. The number of hydrogen-bond donors (Lipinski definition) is 3. The predicted molar refractivity (Wildman–Crippen MR) is 164 cm³/mol. The summed E-state index contributed by atoms with van der Waals surface area (Å²) in [6.07, 6.45) is 3.38. The Hall–Kier alpha value is -4.92. The quantitative estimate of drug-likeness (QED) is 0.227. The van der Waals surface area contributed by atoms with Crippen LogP contribution in [0.4, 0.5) is 10.5 Å². The summed E-state index contributed by atoms with van der Waals surface area (Å²) in [6.45, 7) is 0.607. The van der Waals surface area contributed by atoms with E-state index in [0.29, 0.717) is 46.1 Å². The van der Waals surface area contributed by atoms with Crippen LogP contribution >= 0.6 is 23.2 Å². The van der Waals surface area contributed by atoms with Gasteiger partial charge in [-0.3, -0.25) is 14.9 Å². The number of rotatable bonds is 9. The number of methoxy groups -OCH3 is 1. The van der Waals surface area contributed by atoms with Gasteiger partial charge in [0.15, 0.2) is 5.15 Å². The van der Waals surface area contributed by atoms with Crippen LogP contribution in [0.1, 0.15) is 30.1 Å². The number of aliphatic hydroxyl groups excluding tert-OH is 1. The lowest BCUT2D eigenvalue weighted by Gasteiger charge is -2.22. The first kappa shape index (κ1) is 31.5. The summed E-state index contributed by atoms with van der Waals surface area (Å²) in [4.78, 5) is 39.5. The third kappa shape index (κ3) is 7.98. The van der Waals surface area contributed by atoms with Crippen molar-refractivity contribution in [2.24, 2.45) is 0 Å². The van der Waals surface area contributed by atoms with Gasteiger partial charge in [-0.25, -0.2) is 4.79 Å². The van der Waals surface area contributed by atoms with E-state index in [-0.39, 0.29) is 29.7 Å². The topological polar surface area (TPSA) is 177 Å². The molecule has 1 aliphatic rings. The van der Waals surface area contributed by atoms with E-state index in [2.05, 4.69) is 41.1 Å². The summed E-state index contributed by atoms with van der Waals surface area (Å²) in [7, 11) is 1.26. The van der Waals surface area contributed by atoms with Crippen LogP contribution in [0.5, 0.6) is 0 Å². The van der Waals surface area contributed by atoms with Gasteiger partial charge in [-0.2, -0.15) is 9.78 Å². The zero-order valence-electron chi connectivity index (χ0n) is 23.8. The number of amides is 3. The number of anilines is 1. The highest BCUT2D eigenvalue weighted by molar-refractivity contribution is 6.32. The largest absolute Gasteiger partial charge is 0.453 e. The maximum Gasteiger partial charge on any atom is 0.411 e. The van der Waals surface area contributed by atoms with Crippen molar-refractivity contribution in [3.8, 4) is 16.8 Å². The molecule has 0 saturated carbocycles. The minimum atomic E-state index is -0.894. The fraction of sp³-hybridized carbons (Fsp3) is 0.241. The van der Waals surface area contributed by atoms with Gasteiger partial charge in [0.1, 0.15) is 6.33 Å². The summed E-state index contributed by atoms with van der Waals surface area (Å²) in [6, 6.07) is 12.6. The first-order valence-corrected chi connectivity index (χ1v) is 14.4. The molecule has 5 rings (SSSR count). The Morgan fingerprint density at radius 3 is 2.62 bits per heavy atom. The average Bonchev–Trinajstić information content (AvgIpc) is 3.73. The SMILES string of the molecule is COC(=O)Nc1ccc(-c2cc([C@H](CC(=O)N3CC[C@@H](O)C3)NC(=O)C=Cc3cc(Cl)ccc3-n3cnnn3)nnc2Cl)cc1. The number of halogens is 2. The molecule has 0 aliphatic carbocycles. The van der Waals surface area contributed by atoms with Gasteiger partial charge in [-0.05, 0) is 64.9 Å². The van der Waals surface area contributed by atoms with Crippen molar-refractivity contribution in [3.05, 3.63) is 82.4 Å². The minimum absolute atomic E-state index is 0.0995. The number of nitrogens with one attached hydrogen (secondary N) is 2. The molecule has 232 valence electrons. The Kier molecular flexibility index (Phi) is 9.97. The van der Waals surface area contributed by atoms with Crippen LogP contribution in [0.15, 0.2) is 60.9 Å². The molecule has 16 heteroatoms. The minimum Gasteiger partial charge on any atom is -0.453 e. The van der Waals surface area contributed by atoms with Crippen LogP contribution in [-0.2, 0) is 14.3 Å². The van der Waals surface area contributed by atoms with Crippen LogP contribution in [0.3, 0.4) is 0 Å². The molecule has 1 fully saturated rings. The molecule has 0 radical (unpaired) electrons. The monoisotopic (exact) mass is 651 g/mol. The third-order valence-corrected chi connectivity index (χ3v) is 7.48. The van der Waals surface area contributed by atoms with Crippen molar-refractivity contribution in [2.75, 3.05) is 25.5 Å². The Balaban J connectivity index is 1.41. The fourth-order valence-electron chi connectivity index (χ4n) is 4.69. The van der Waals surface area contributed by atoms with Gasteiger partial charge in [0.2, 0.25) is 11.8 Å². The number of likely N-dealkylation sites (tertiary alicyclic amines) is 1. The van der Waals surface area contributed by atoms with E-state index in [1.54, 1.807) is 59.5 Å². The highest BCUT2D eigenvalue weighted by Crippen LogP contribution is 2.30. The average molecular weight is 652 g/mol. The van der Waals surface area contributed by atoms with Crippen LogP contribution in [0.25, 0.3) is 22.9 Å². The van der Waals surface area contributed by atoms with Gasteiger partial charge in [0.05, 0.1) is 37.1 Å². The van der Waals surface area contributed by atoms with Crippen molar-refractivity contribution in [2.45, 2.75) is 25.0 Å². The number of nitrogens with zero attached hydrogens (tertiary/aromatic N) is 7. The summed E-state index contributed by atoms with van der Waals surface area (Å²) >= 11 is 12.6. The molecule has 4 aromatic rings. The zero-order valence-corrected chi connectivity index (χ0v) is 25.3. The van der Waals surface area contributed by atoms with Gasteiger partial charge >= 0.3 is 6.09 Å². The van der Waals surface area contributed by atoms with Gasteiger partial charge < -0.3 is 20.1 Å². The van der Waals surface area contributed by atoms with Crippen LogP contribution in [-0.4, -0.2) is 84.6 Å². The van der Waals surface area contributed by atoms with E-state index in [1.807, 2.05) is 0 Å². The number of benzene rings is 2. The van der Waals surface area contributed by atoms with Crippen molar-refractivity contribution in [3.63, 3.8) is 0 Å². The first-order valence-electron chi connectivity index (χ1n) is 13.7. The molecular formula is C29H27Cl2N9O5. The Bertz CT molecular complexity index is 1720. The zero-order chi connectivity index (χ0) is 31.9. The summed E-state index contributed by atoms with van der Waals surface area (Å²) in [5, 5.41) is 35.4. The highest BCUT2D eigenvalue weighted by atomic mass is 35.5. The second-order valence-electron chi connectivity index (χ2n) is 10.0. The number of ether oxygens (including phenoxy) is 1. The maximum absolute atomic E-state index is 13.2. The Morgan fingerprint density at radius 1 is 1.13 bits per heavy atom. The fourth-order valence-corrected chi connectivity index (χ4v) is 5.07. The second-order valence-corrected chi connectivity index (χ2v) is 10.8. The Labute approximate surface area is 267 Å². The van der Waals surface area contributed by atoms with E-state index in [9.17, 15) is 19.5 Å². The molecule has 3 N–H and O–H groups in total. The maximum atomic E-state index is 13.2. The van der Waals surface area contributed by atoms with E-state index in [1.165, 1.54) is 24.2 Å². The Morgan fingerprint density at radius 2 is 1.93 bits per heavy atom. The number of carbonyl (C=O) groups is 3. The number of tetrazole rings is 1. The van der Waals surface area contributed by atoms with E-state index in [0.717, 1.165) is 0 Å². The van der Waals surface area contributed by atoms with Gasteiger partial charge in [0, 0.05) is 41.0 Å². The molecule has 0 spiro atoms. The molecule has 0 unspecified atom stereocenters. The molecule has 2 aromatic carbocycles. The standard InChI is InChI=1S/C29H27Cl2N9O5/c1-45-29(44)33-20-6-2-17(3-7-20)22-13-24(35-36-28(22)31)23(14-27(43)39-11-10-21(41)15-39)34-26(42)9-4-18-12-19(30)5-8-25(18)40-16-32-37-38-40/h2-9,12-13,16,21,23,41H,10-11,14-15H2,1H3,(H,33,44)(H,34,42)/t21-,23+/m1/s1. The predicted octanol–water partition coefficient (Wildman–Crippen LogP) is 3.46. The van der Waals surface area contributed by atoms with E-state index in [4.69, 9.17) is 23.2 Å². The van der Waals surface area contributed by atoms with E-state index >= 15 is 0 Å². The molecule has 2 aromatic heterocycles. The number of aromatic nitrogens is 6. The molecule has 0 bridgehead atoms. The van der Waals surface area contributed by atoms with Crippen molar-refractivity contribution < 1.29 is 24.2 Å². The smallest absolute Gasteiger partial charge is 0.411 e. The molecule has 3 heterocycles. The highest BCUT2D eigenvalue weighted by Gasteiger charge is 2.28. The summed E-state index contributed by atoms with van der Waals surface area (Å²) in [5.41, 5.74) is 3.10. The molecule has 1 saturated heterocycles. The second kappa shape index (κ2) is 14.2. The summed E-state index contributed by atoms with van der Waals surface area (Å²) in [5.74, 6) is -0.790.